The number of anilines is 1. The first-order chi connectivity index (χ1) is 13.2. The number of carbonyl (C=O) groups excluding carboxylic acids is 1. The number of phenolic OH excluding ortho intramolecular Hbond substituents is 1. The monoisotopic (exact) mass is 402 g/mol. The Morgan fingerprint density at radius 3 is 2.25 bits per heavy atom. The number of hydrogen-bond acceptors (Lipinski definition) is 4. The second kappa shape index (κ2) is 7.93. The summed E-state index contributed by atoms with van der Waals surface area (Å²) in [6, 6.07) is 10.2. The van der Waals surface area contributed by atoms with Crippen LogP contribution in [0.2, 0.25) is 0 Å². The topological polar surface area (TPSA) is 86.7 Å². The molecule has 0 aliphatic carbocycles. The van der Waals surface area contributed by atoms with E-state index >= 15 is 0 Å². The minimum Gasteiger partial charge on any atom is -0.508 e. The van der Waals surface area contributed by atoms with Gasteiger partial charge in [-0.3, -0.25) is 4.79 Å². The van der Waals surface area contributed by atoms with E-state index in [1.165, 1.54) is 16.4 Å². The lowest BCUT2D eigenvalue weighted by Gasteiger charge is -2.31. The molecule has 0 bridgehead atoms. The van der Waals surface area contributed by atoms with E-state index < -0.39 is 10.0 Å². The van der Waals surface area contributed by atoms with Crippen LogP contribution in [0.3, 0.4) is 0 Å². The van der Waals surface area contributed by atoms with Gasteiger partial charge in [0.05, 0.1) is 4.90 Å². The maximum Gasteiger partial charge on any atom is 0.243 e. The zero-order valence-corrected chi connectivity index (χ0v) is 17.2. The van der Waals surface area contributed by atoms with Crippen LogP contribution in [0.15, 0.2) is 41.3 Å². The molecule has 0 unspecified atom stereocenters. The predicted octanol–water partition coefficient (Wildman–Crippen LogP) is 3.36. The zero-order valence-electron chi connectivity index (χ0n) is 16.4. The molecule has 2 aromatic carbocycles. The Morgan fingerprint density at radius 2 is 1.68 bits per heavy atom. The molecule has 7 heteroatoms. The van der Waals surface area contributed by atoms with Gasteiger partial charge in [0.15, 0.2) is 0 Å². The van der Waals surface area contributed by atoms with Gasteiger partial charge in [-0.15, -0.1) is 0 Å². The van der Waals surface area contributed by atoms with E-state index in [0.29, 0.717) is 36.5 Å². The predicted molar refractivity (Wildman–Crippen MR) is 109 cm³/mol. The Hall–Kier alpha value is -2.38. The highest BCUT2D eigenvalue weighted by Crippen LogP contribution is 2.29. The molecule has 2 N–H and O–H groups in total. The highest BCUT2D eigenvalue weighted by atomic mass is 32.2. The molecule has 0 spiro atoms. The van der Waals surface area contributed by atoms with Gasteiger partial charge in [-0.05, 0) is 56.9 Å². The number of sulfonamides is 1. The quantitative estimate of drug-likeness (QED) is 0.821. The van der Waals surface area contributed by atoms with Gasteiger partial charge in [0.2, 0.25) is 15.9 Å². The number of phenols is 1. The molecule has 1 heterocycles. The van der Waals surface area contributed by atoms with Crippen LogP contribution in [0.1, 0.15) is 29.5 Å². The van der Waals surface area contributed by atoms with Crippen LogP contribution < -0.4 is 5.32 Å². The molecule has 28 heavy (non-hydrogen) atoms. The SMILES string of the molecule is Cc1cc(C)c(S(=O)(=O)N2CCC(C(=O)Nc3cccc(O)c3)CC2)c(C)c1. The summed E-state index contributed by atoms with van der Waals surface area (Å²) in [6.07, 6.45) is 0.932. The first-order valence-electron chi connectivity index (χ1n) is 9.36. The summed E-state index contributed by atoms with van der Waals surface area (Å²) in [6.45, 7) is 6.22. The number of rotatable bonds is 4. The smallest absolute Gasteiger partial charge is 0.243 e. The van der Waals surface area contributed by atoms with Gasteiger partial charge in [-0.2, -0.15) is 4.31 Å². The Labute approximate surface area is 166 Å². The minimum atomic E-state index is -3.59. The van der Waals surface area contributed by atoms with Crippen molar-refractivity contribution in [3.05, 3.63) is 53.1 Å². The molecule has 3 rings (SSSR count). The van der Waals surface area contributed by atoms with Gasteiger partial charge in [-0.1, -0.05) is 23.8 Å². The number of aryl methyl sites for hydroxylation is 3. The molecule has 1 aliphatic heterocycles. The average Bonchev–Trinajstić information content (AvgIpc) is 2.60. The molecule has 0 radical (unpaired) electrons. The molecule has 0 saturated carbocycles. The van der Waals surface area contributed by atoms with Crippen molar-refractivity contribution in [2.45, 2.75) is 38.5 Å². The Balaban J connectivity index is 1.69. The minimum absolute atomic E-state index is 0.0857. The lowest BCUT2D eigenvalue weighted by atomic mass is 9.97. The van der Waals surface area contributed by atoms with Gasteiger partial charge in [0.1, 0.15) is 5.75 Å². The number of amides is 1. The second-order valence-electron chi connectivity index (χ2n) is 7.45. The largest absolute Gasteiger partial charge is 0.508 e. The molecule has 0 atom stereocenters. The lowest BCUT2D eigenvalue weighted by molar-refractivity contribution is -0.120. The number of aromatic hydroxyl groups is 1. The maximum absolute atomic E-state index is 13.1. The third-order valence-electron chi connectivity index (χ3n) is 5.14. The summed E-state index contributed by atoms with van der Waals surface area (Å²) in [5.41, 5.74) is 3.07. The third-order valence-corrected chi connectivity index (χ3v) is 7.35. The van der Waals surface area contributed by atoms with Crippen LogP contribution in [-0.4, -0.2) is 36.8 Å². The molecular formula is C21H26N2O4S. The van der Waals surface area contributed by atoms with Gasteiger partial charge < -0.3 is 10.4 Å². The fraction of sp³-hybridized carbons (Fsp3) is 0.381. The molecule has 0 aromatic heterocycles. The van der Waals surface area contributed by atoms with Gasteiger partial charge >= 0.3 is 0 Å². The standard InChI is InChI=1S/C21H26N2O4S/c1-14-11-15(2)20(16(3)12-14)28(26,27)23-9-7-17(8-10-23)21(25)22-18-5-4-6-19(24)13-18/h4-6,11-13,17,24H,7-10H2,1-3H3,(H,22,25). The van der Waals surface area contributed by atoms with Crippen molar-refractivity contribution in [1.82, 2.24) is 4.31 Å². The number of benzene rings is 2. The van der Waals surface area contributed by atoms with E-state index in [1.807, 2.05) is 32.9 Å². The van der Waals surface area contributed by atoms with E-state index in [9.17, 15) is 18.3 Å². The fourth-order valence-electron chi connectivity index (χ4n) is 3.89. The maximum atomic E-state index is 13.1. The lowest BCUT2D eigenvalue weighted by Crippen LogP contribution is -2.41. The Kier molecular flexibility index (Phi) is 5.76. The van der Waals surface area contributed by atoms with Crippen LogP contribution >= 0.6 is 0 Å². The summed E-state index contributed by atoms with van der Waals surface area (Å²) in [5.74, 6) is -0.318. The van der Waals surface area contributed by atoms with Crippen LogP contribution in [0.5, 0.6) is 5.75 Å². The van der Waals surface area contributed by atoms with Crippen LogP contribution in [0.25, 0.3) is 0 Å². The summed E-state index contributed by atoms with van der Waals surface area (Å²) >= 11 is 0. The normalized spacial score (nSPS) is 16.1. The van der Waals surface area contributed by atoms with Crippen molar-refractivity contribution in [3.8, 4) is 5.75 Å². The van der Waals surface area contributed by atoms with Gasteiger partial charge in [-0.25, -0.2) is 8.42 Å². The Bertz CT molecular complexity index is 970. The first-order valence-corrected chi connectivity index (χ1v) is 10.8. The second-order valence-corrected chi connectivity index (χ2v) is 9.32. The van der Waals surface area contributed by atoms with E-state index in [0.717, 1.165) is 16.7 Å². The van der Waals surface area contributed by atoms with Crippen molar-refractivity contribution >= 4 is 21.6 Å². The van der Waals surface area contributed by atoms with E-state index in [2.05, 4.69) is 5.32 Å². The van der Waals surface area contributed by atoms with Crippen molar-refractivity contribution in [2.24, 2.45) is 5.92 Å². The first kappa shape index (κ1) is 20.4. The molecule has 1 aliphatic rings. The number of carbonyl (C=O) groups is 1. The van der Waals surface area contributed by atoms with E-state index in [1.54, 1.807) is 12.1 Å². The summed E-state index contributed by atoms with van der Waals surface area (Å²) < 4.78 is 27.8. The molecule has 1 fully saturated rings. The Morgan fingerprint density at radius 1 is 1.07 bits per heavy atom. The van der Waals surface area contributed by atoms with Crippen LogP contribution in [0, 0.1) is 26.7 Å². The van der Waals surface area contributed by atoms with Crippen LogP contribution in [0.4, 0.5) is 5.69 Å². The molecule has 6 nitrogen and oxygen atoms in total. The summed E-state index contributed by atoms with van der Waals surface area (Å²) in [7, 11) is -3.59. The average molecular weight is 403 g/mol. The van der Waals surface area contributed by atoms with Crippen molar-refractivity contribution < 1.29 is 18.3 Å². The number of nitrogens with zero attached hydrogens (tertiary/aromatic N) is 1. The molecule has 1 saturated heterocycles. The molecule has 150 valence electrons. The zero-order chi connectivity index (χ0) is 20.5. The van der Waals surface area contributed by atoms with Gasteiger partial charge in [0.25, 0.3) is 0 Å². The number of piperidine rings is 1. The summed E-state index contributed by atoms with van der Waals surface area (Å²) in [4.78, 5) is 12.9. The number of nitrogens with one attached hydrogen (secondary N) is 1. The van der Waals surface area contributed by atoms with Crippen molar-refractivity contribution in [3.63, 3.8) is 0 Å². The highest BCUT2D eigenvalue weighted by molar-refractivity contribution is 7.89. The van der Waals surface area contributed by atoms with E-state index in [4.69, 9.17) is 0 Å². The van der Waals surface area contributed by atoms with Crippen molar-refractivity contribution in [1.29, 1.82) is 0 Å². The molecular weight excluding hydrogens is 376 g/mol. The fourth-order valence-corrected chi connectivity index (χ4v) is 5.77. The van der Waals surface area contributed by atoms with Crippen LogP contribution in [-0.2, 0) is 14.8 Å². The third kappa shape index (κ3) is 4.20. The summed E-state index contributed by atoms with van der Waals surface area (Å²) in [5, 5.41) is 12.3. The molecule has 1 amide bonds. The number of hydrogen-bond donors (Lipinski definition) is 2. The van der Waals surface area contributed by atoms with Crippen molar-refractivity contribution in [2.75, 3.05) is 18.4 Å². The van der Waals surface area contributed by atoms with E-state index in [-0.39, 0.29) is 17.6 Å². The van der Waals surface area contributed by atoms with Gasteiger partial charge in [0, 0.05) is 30.8 Å². The highest BCUT2D eigenvalue weighted by Gasteiger charge is 2.33. The molecule has 2 aromatic rings.